The first-order valence-electron chi connectivity index (χ1n) is 11.9. The number of cyclic esters (lactones) is 1. The standard InChI is InChI=1S/C27H27FN2O6/c1-32-24-12-10-19-9-11-22(28)21(26(19)29-24)15-33-13-5-8-20-14-30(27(31)35-20)25-17-34-16-23(36-25)18-6-3-2-4-7-18/h2-3,6,9-12,16-17,20H,4-5,7-8,13-15H2,1H3/t20-/m1/s1. The Morgan fingerprint density at radius 2 is 2.11 bits per heavy atom. The van der Waals surface area contributed by atoms with E-state index in [1.165, 1.54) is 30.6 Å². The SMILES string of the molecule is COc1ccc2ccc(F)c(COCCC[C@@H]3CN(C4=COC=C(C5=CC=CCC5)O4)C(=O)O3)c2n1. The van der Waals surface area contributed by atoms with Gasteiger partial charge < -0.3 is 23.7 Å². The Morgan fingerprint density at radius 1 is 1.22 bits per heavy atom. The van der Waals surface area contributed by atoms with Crippen molar-refractivity contribution in [3.8, 4) is 5.88 Å². The molecule has 1 aliphatic carbocycles. The normalized spacial score (nSPS) is 19.3. The Bertz CT molecular complexity index is 1270. The van der Waals surface area contributed by atoms with E-state index in [0.29, 0.717) is 54.6 Å². The third-order valence-electron chi connectivity index (χ3n) is 6.18. The van der Waals surface area contributed by atoms with Crippen molar-refractivity contribution in [2.75, 3.05) is 20.3 Å². The highest BCUT2D eigenvalue weighted by Crippen LogP contribution is 2.30. The quantitative estimate of drug-likeness (QED) is 0.428. The van der Waals surface area contributed by atoms with Crippen LogP contribution >= 0.6 is 0 Å². The van der Waals surface area contributed by atoms with Crippen molar-refractivity contribution < 1.29 is 32.9 Å². The Labute approximate surface area is 208 Å². The molecule has 5 rings (SSSR count). The fourth-order valence-corrected chi connectivity index (χ4v) is 4.28. The number of fused-ring (bicyclic) bond motifs is 1. The molecular formula is C27H27FN2O6. The molecule has 1 fully saturated rings. The van der Waals surface area contributed by atoms with Gasteiger partial charge in [-0.2, -0.15) is 0 Å². The van der Waals surface area contributed by atoms with Crippen molar-refractivity contribution in [2.24, 2.45) is 0 Å². The van der Waals surface area contributed by atoms with Crippen LogP contribution in [-0.4, -0.2) is 42.3 Å². The average Bonchev–Trinajstić information content (AvgIpc) is 3.30. The largest absolute Gasteiger partial charge is 0.481 e. The molecule has 0 bridgehead atoms. The van der Waals surface area contributed by atoms with Gasteiger partial charge in [-0.05, 0) is 49.5 Å². The van der Waals surface area contributed by atoms with E-state index in [9.17, 15) is 9.18 Å². The number of rotatable bonds is 9. The van der Waals surface area contributed by atoms with E-state index in [-0.39, 0.29) is 18.5 Å². The third kappa shape index (κ3) is 5.21. The number of hydrogen-bond acceptors (Lipinski definition) is 7. The first-order chi connectivity index (χ1) is 17.6. The molecule has 2 aliphatic heterocycles. The van der Waals surface area contributed by atoms with Crippen molar-refractivity contribution in [1.82, 2.24) is 9.88 Å². The topological polar surface area (TPSA) is 79.4 Å². The second-order valence-electron chi connectivity index (χ2n) is 8.60. The first-order valence-corrected chi connectivity index (χ1v) is 11.9. The molecule has 1 amide bonds. The molecule has 2 aromatic rings. The number of allylic oxidation sites excluding steroid dienone is 4. The molecule has 1 atom stereocenters. The minimum Gasteiger partial charge on any atom is -0.481 e. The molecule has 0 N–H and O–H groups in total. The lowest BCUT2D eigenvalue weighted by atomic mass is 10.0. The highest BCUT2D eigenvalue weighted by molar-refractivity contribution is 5.82. The highest BCUT2D eigenvalue weighted by atomic mass is 19.1. The maximum atomic E-state index is 14.5. The van der Waals surface area contributed by atoms with Gasteiger partial charge in [-0.3, -0.25) is 0 Å². The summed E-state index contributed by atoms with van der Waals surface area (Å²) in [6.07, 6.45) is 11.2. The van der Waals surface area contributed by atoms with Crippen LogP contribution in [-0.2, 0) is 25.6 Å². The summed E-state index contributed by atoms with van der Waals surface area (Å²) < 4.78 is 42.2. The van der Waals surface area contributed by atoms with E-state index in [1.807, 2.05) is 18.2 Å². The lowest BCUT2D eigenvalue weighted by Gasteiger charge is -2.23. The average molecular weight is 495 g/mol. The van der Waals surface area contributed by atoms with E-state index >= 15 is 0 Å². The zero-order valence-corrected chi connectivity index (χ0v) is 19.9. The van der Waals surface area contributed by atoms with Gasteiger partial charge >= 0.3 is 6.09 Å². The highest BCUT2D eigenvalue weighted by Gasteiger charge is 2.36. The second kappa shape index (κ2) is 10.8. The van der Waals surface area contributed by atoms with E-state index in [1.54, 1.807) is 12.1 Å². The predicted molar refractivity (Wildman–Crippen MR) is 129 cm³/mol. The van der Waals surface area contributed by atoms with E-state index in [4.69, 9.17) is 23.7 Å². The van der Waals surface area contributed by atoms with Crippen LogP contribution in [0.1, 0.15) is 31.2 Å². The summed E-state index contributed by atoms with van der Waals surface area (Å²) >= 11 is 0. The number of carbonyl (C=O) groups excluding carboxylic acids is 1. The van der Waals surface area contributed by atoms with Crippen LogP contribution < -0.4 is 4.74 Å². The zero-order chi connectivity index (χ0) is 24.9. The molecule has 1 aromatic heterocycles. The summed E-state index contributed by atoms with van der Waals surface area (Å²) in [7, 11) is 1.52. The molecular weight excluding hydrogens is 467 g/mol. The third-order valence-corrected chi connectivity index (χ3v) is 6.18. The minimum absolute atomic E-state index is 0.0815. The fourth-order valence-electron chi connectivity index (χ4n) is 4.28. The van der Waals surface area contributed by atoms with Crippen LogP contribution in [0.4, 0.5) is 9.18 Å². The monoisotopic (exact) mass is 494 g/mol. The van der Waals surface area contributed by atoms with Crippen LogP contribution in [0.2, 0.25) is 0 Å². The number of methoxy groups -OCH3 is 1. The van der Waals surface area contributed by atoms with Crippen LogP contribution in [0.25, 0.3) is 10.9 Å². The number of hydrogen-bond donors (Lipinski definition) is 0. The van der Waals surface area contributed by atoms with Crippen molar-refractivity contribution in [3.05, 3.63) is 83.6 Å². The summed E-state index contributed by atoms with van der Waals surface area (Å²) in [5.41, 5.74) is 1.92. The van der Waals surface area contributed by atoms with Gasteiger partial charge in [0.25, 0.3) is 0 Å². The summed E-state index contributed by atoms with van der Waals surface area (Å²) in [6.45, 7) is 0.810. The van der Waals surface area contributed by atoms with Gasteiger partial charge in [0, 0.05) is 23.6 Å². The van der Waals surface area contributed by atoms with Gasteiger partial charge in [0.05, 0.1) is 25.8 Å². The molecule has 1 aromatic carbocycles. The number of ether oxygens (including phenoxy) is 5. The molecule has 188 valence electrons. The van der Waals surface area contributed by atoms with Gasteiger partial charge in [0.1, 0.15) is 18.2 Å². The van der Waals surface area contributed by atoms with Gasteiger partial charge in [0.15, 0.2) is 12.0 Å². The lowest BCUT2D eigenvalue weighted by molar-refractivity contribution is 0.0949. The van der Waals surface area contributed by atoms with E-state index in [0.717, 1.165) is 23.8 Å². The molecule has 0 radical (unpaired) electrons. The number of benzene rings is 1. The second-order valence-corrected chi connectivity index (χ2v) is 8.60. The van der Waals surface area contributed by atoms with E-state index in [2.05, 4.69) is 11.1 Å². The van der Waals surface area contributed by atoms with Crippen molar-refractivity contribution in [1.29, 1.82) is 0 Å². The van der Waals surface area contributed by atoms with Crippen molar-refractivity contribution in [3.63, 3.8) is 0 Å². The molecule has 36 heavy (non-hydrogen) atoms. The van der Waals surface area contributed by atoms with Crippen molar-refractivity contribution >= 4 is 17.0 Å². The van der Waals surface area contributed by atoms with Crippen LogP contribution in [0.3, 0.4) is 0 Å². The minimum atomic E-state index is -0.479. The molecule has 8 nitrogen and oxygen atoms in total. The van der Waals surface area contributed by atoms with E-state index < -0.39 is 6.09 Å². The fraction of sp³-hybridized carbons (Fsp3) is 0.333. The number of amides is 1. The van der Waals surface area contributed by atoms with Gasteiger partial charge in [0.2, 0.25) is 11.8 Å². The number of pyridine rings is 1. The molecule has 3 heterocycles. The maximum absolute atomic E-state index is 14.5. The Kier molecular flexibility index (Phi) is 7.18. The first kappa shape index (κ1) is 23.9. The summed E-state index contributed by atoms with van der Waals surface area (Å²) in [5.74, 6) is 0.940. The predicted octanol–water partition coefficient (Wildman–Crippen LogP) is 5.46. The smallest absolute Gasteiger partial charge is 0.417 e. The summed E-state index contributed by atoms with van der Waals surface area (Å²) in [6, 6.07) is 6.66. The molecule has 1 saturated heterocycles. The number of nitrogens with zero attached hydrogens (tertiary/aromatic N) is 2. The molecule has 0 spiro atoms. The van der Waals surface area contributed by atoms with Crippen molar-refractivity contribution in [2.45, 2.75) is 38.4 Å². The van der Waals surface area contributed by atoms with Crippen LogP contribution in [0.15, 0.2) is 72.2 Å². The summed E-state index contributed by atoms with van der Waals surface area (Å²) in [4.78, 5) is 18.2. The number of aromatic nitrogens is 1. The van der Waals surface area contributed by atoms with Gasteiger partial charge in [-0.25, -0.2) is 19.1 Å². The van der Waals surface area contributed by atoms with Gasteiger partial charge in [-0.1, -0.05) is 18.2 Å². The maximum Gasteiger partial charge on any atom is 0.417 e. The Hall–Kier alpha value is -3.85. The lowest BCUT2D eigenvalue weighted by Crippen LogP contribution is -2.27. The molecule has 0 unspecified atom stereocenters. The van der Waals surface area contributed by atoms with Crippen LogP contribution in [0.5, 0.6) is 5.88 Å². The molecule has 3 aliphatic rings. The number of halogens is 1. The Balaban J connectivity index is 1.10. The van der Waals surface area contributed by atoms with Gasteiger partial charge in [-0.15, -0.1) is 0 Å². The molecule has 0 saturated carbocycles. The van der Waals surface area contributed by atoms with Crippen LogP contribution in [0, 0.1) is 5.82 Å². The zero-order valence-electron chi connectivity index (χ0n) is 19.9. The summed E-state index contributed by atoms with van der Waals surface area (Å²) in [5, 5.41) is 0.811. The number of carbonyl (C=O) groups is 1. The Morgan fingerprint density at radius 3 is 2.94 bits per heavy atom. The molecule has 9 heteroatoms.